The highest BCUT2D eigenvalue weighted by Gasteiger charge is 2.37. The molecule has 0 saturated carbocycles. The van der Waals surface area contributed by atoms with Crippen LogP contribution in [0.2, 0.25) is 0 Å². The van der Waals surface area contributed by atoms with E-state index >= 15 is 0 Å². The molecule has 2 aromatic carbocycles. The van der Waals surface area contributed by atoms with Gasteiger partial charge in [0.2, 0.25) is 6.40 Å². The Labute approximate surface area is 257 Å². The molecule has 0 radical (unpaired) electrons. The Balaban J connectivity index is 1.13. The minimum Gasteiger partial charge on any atom is -0.379 e. The average molecular weight is 598 g/mol. The maximum atomic E-state index is 13.5. The smallest absolute Gasteiger partial charge is 0.250 e. The van der Waals surface area contributed by atoms with E-state index < -0.39 is 12.1 Å². The molecule has 4 heterocycles. The van der Waals surface area contributed by atoms with Crippen LogP contribution in [0.1, 0.15) is 56.3 Å². The molecule has 2 aliphatic heterocycles. The van der Waals surface area contributed by atoms with Crippen molar-refractivity contribution in [2.24, 2.45) is 4.99 Å². The van der Waals surface area contributed by atoms with Crippen LogP contribution in [-0.2, 0) is 19.3 Å². The minimum atomic E-state index is -0.752. The molecule has 0 spiro atoms. The first-order valence-electron chi connectivity index (χ1n) is 15.1. The third-order valence-corrected chi connectivity index (χ3v) is 8.59. The van der Waals surface area contributed by atoms with Crippen molar-refractivity contribution in [1.82, 2.24) is 30.2 Å². The van der Waals surface area contributed by atoms with Crippen molar-refractivity contribution in [2.45, 2.75) is 56.8 Å². The van der Waals surface area contributed by atoms with Gasteiger partial charge in [-0.1, -0.05) is 48.5 Å². The number of aromatic nitrogens is 4. The van der Waals surface area contributed by atoms with Crippen LogP contribution in [0.3, 0.4) is 0 Å². The molecular weight excluding hydrogens is 558 g/mol. The monoisotopic (exact) mass is 597 g/mol. The van der Waals surface area contributed by atoms with Crippen LogP contribution in [0.5, 0.6) is 0 Å². The van der Waals surface area contributed by atoms with Gasteiger partial charge in [-0.05, 0) is 61.4 Å². The lowest BCUT2D eigenvalue weighted by Crippen LogP contribution is -2.43. The summed E-state index contributed by atoms with van der Waals surface area (Å²) in [6, 6.07) is 16.4. The predicted molar refractivity (Wildman–Crippen MR) is 168 cm³/mol. The number of aromatic amines is 2. The van der Waals surface area contributed by atoms with Crippen LogP contribution in [-0.4, -0.2) is 76.6 Å². The molecule has 4 atom stereocenters. The van der Waals surface area contributed by atoms with Crippen LogP contribution in [0.15, 0.2) is 65.9 Å². The first-order chi connectivity index (χ1) is 21.6. The van der Waals surface area contributed by atoms with Crippen molar-refractivity contribution in [3.05, 3.63) is 72.6 Å². The number of nitrogens with one attached hydrogen (secondary N) is 3. The second kappa shape index (κ2) is 13.5. The first kappa shape index (κ1) is 29.7. The number of carbonyl (C=O) groups is 1. The van der Waals surface area contributed by atoms with E-state index in [0.29, 0.717) is 12.6 Å². The Morgan fingerprint density at radius 3 is 2.11 bits per heavy atom. The van der Waals surface area contributed by atoms with E-state index in [9.17, 15) is 4.79 Å². The molecule has 2 aromatic heterocycles. The van der Waals surface area contributed by atoms with Gasteiger partial charge in [-0.25, -0.2) is 15.0 Å². The molecule has 2 fully saturated rings. The molecule has 0 aliphatic carbocycles. The van der Waals surface area contributed by atoms with Gasteiger partial charge in [0.25, 0.3) is 5.91 Å². The van der Waals surface area contributed by atoms with Crippen molar-refractivity contribution in [3.8, 4) is 33.6 Å². The maximum absolute atomic E-state index is 13.5. The lowest BCUT2D eigenvalue weighted by molar-refractivity contribution is -0.188. The minimum absolute atomic E-state index is 0.134. The van der Waals surface area contributed by atoms with Crippen LogP contribution in [0.4, 0.5) is 0 Å². The fraction of sp³-hybridized carbons (Fsp3) is 0.394. The van der Waals surface area contributed by atoms with Crippen molar-refractivity contribution in [2.75, 3.05) is 27.3 Å². The number of hydrogen-bond acceptors (Lipinski definition) is 8. The van der Waals surface area contributed by atoms with Crippen LogP contribution >= 0.6 is 0 Å². The second-order valence-electron chi connectivity index (χ2n) is 11.3. The lowest BCUT2D eigenvalue weighted by atomic mass is 10.0. The zero-order chi connectivity index (χ0) is 30.5. The number of nitrogens with zero attached hydrogens (tertiary/aromatic N) is 4. The van der Waals surface area contributed by atoms with Gasteiger partial charge >= 0.3 is 0 Å². The molecule has 2 aliphatic rings. The molecule has 44 heavy (non-hydrogen) atoms. The summed E-state index contributed by atoms with van der Waals surface area (Å²) in [6.07, 6.45) is 8.46. The van der Waals surface area contributed by atoms with Gasteiger partial charge in [0.15, 0.2) is 6.04 Å². The number of benzene rings is 2. The molecule has 11 nitrogen and oxygen atoms in total. The van der Waals surface area contributed by atoms with Gasteiger partial charge in [0.05, 0.1) is 49.1 Å². The van der Waals surface area contributed by atoms with E-state index in [1.165, 1.54) is 13.5 Å². The molecule has 4 aromatic rings. The summed E-state index contributed by atoms with van der Waals surface area (Å²) < 4.78 is 5.43. The molecule has 6 rings (SSSR count). The van der Waals surface area contributed by atoms with E-state index in [4.69, 9.17) is 9.62 Å². The summed E-state index contributed by atoms with van der Waals surface area (Å²) in [5.41, 5.74) is 6.35. The number of carbonyl (C=O) groups excluding carboxylic acids is 1. The van der Waals surface area contributed by atoms with E-state index in [1.807, 2.05) is 24.2 Å². The predicted octanol–water partition coefficient (Wildman–Crippen LogP) is 5.23. The standard InChI is InChI=1S/C33H39N7O4/c1-21(42-2)30(37-20-44-43-3)33(41)40-17-5-7-29(40)32-36-19-28(39-32)25-14-10-23(11-15-25)22-8-12-24(13-9-22)27-18-35-31(38-27)26-6-4-16-34-26/h8-15,18-21,26,29-30,34H,4-7,16-17H2,1-3H3,(H,35,38)(H,36,39)/t21-,26+,29+,30+/m1/s1. The summed E-state index contributed by atoms with van der Waals surface area (Å²) in [5.74, 6) is 1.64. The van der Waals surface area contributed by atoms with Gasteiger partial charge in [-0.15, -0.1) is 0 Å². The van der Waals surface area contributed by atoms with E-state index in [-0.39, 0.29) is 11.9 Å². The zero-order valence-corrected chi connectivity index (χ0v) is 25.3. The third kappa shape index (κ3) is 6.30. The highest BCUT2D eigenvalue weighted by Crippen LogP contribution is 2.33. The summed E-state index contributed by atoms with van der Waals surface area (Å²) >= 11 is 0. The normalized spacial score (nSPS) is 19.9. The summed E-state index contributed by atoms with van der Waals surface area (Å²) in [7, 11) is 2.94. The van der Waals surface area contributed by atoms with Crippen molar-refractivity contribution in [1.29, 1.82) is 0 Å². The van der Waals surface area contributed by atoms with Gasteiger partial charge in [-0.2, -0.15) is 4.89 Å². The van der Waals surface area contributed by atoms with E-state index in [1.54, 1.807) is 7.11 Å². The number of methoxy groups -OCH3 is 1. The van der Waals surface area contributed by atoms with E-state index in [0.717, 1.165) is 77.5 Å². The molecule has 3 N–H and O–H groups in total. The molecule has 0 bridgehead atoms. The topological polar surface area (TPSA) is 130 Å². The van der Waals surface area contributed by atoms with Crippen LogP contribution in [0.25, 0.3) is 33.6 Å². The third-order valence-electron chi connectivity index (χ3n) is 8.59. The highest BCUT2D eigenvalue weighted by atomic mass is 17.2. The lowest BCUT2D eigenvalue weighted by Gasteiger charge is -2.28. The summed E-state index contributed by atoms with van der Waals surface area (Å²) in [5, 5.41) is 3.49. The Kier molecular flexibility index (Phi) is 9.15. The number of H-pyrrole nitrogens is 2. The summed E-state index contributed by atoms with van der Waals surface area (Å²) in [4.78, 5) is 45.2. The molecule has 11 heteroatoms. The van der Waals surface area contributed by atoms with E-state index in [2.05, 4.69) is 83.7 Å². The molecule has 2 saturated heterocycles. The Bertz CT molecular complexity index is 1560. The number of imidazole rings is 2. The van der Waals surface area contributed by atoms with Crippen molar-refractivity contribution < 1.29 is 19.3 Å². The number of amides is 1. The number of rotatable bonds is 11. The van der Waals surface area contributed by atoms with Gasteiger partial charge < -0.3 is 29.8 Å². The first-order valence-corrected chi connectivity index (χ1v) is 15.1. The molecule has 1 amide bonds. The molecule has 230 valence electrons. The second-order valence-corrected chi connectivity index (χ2v) is 11.3. The fourth-order valence-corrected chi connectivity index (χ4v) is 6.05. The fourth-order valence-electron chi connectivity index (χ4n) is 6.05. The van der Waals surface area contributed by atoms with Crippen LogP contribution < -0.4 is 5.32 Å². The number of likely N-dealkylation sites (tertiary alicyclic amines) is 1. The molecular formula is C33H39N7O4. The number of ether oxygens (including phenoxy) is 1. The van der Waals surface area contributed by atoms with Crippen molar-refractivity contribution in [3.63, 3.8) is 0 Å². The Hall–Kier alpha value is -4.32. The summed E-state index contributed by atoms with van der Waals surface area (Å²) in [6.45, 7) is 3.48. The quantitative estimate of drug-likeness (QED) is 0.0934. The van der Waals surface area contributed by atoms with Gasteiger partial charge in [0, 0.05) is 13.7 Å². The average Bonchev–Trinajstić information content (AvgIpc) is 3.89. The zero-order valence-electron chi connectivity index (χ0n) is 25.3. The van der Waals surface area contributed by atoms with Crippen LogP contribution in [0, 0.1) is 0 Å². The maximum Gasteiger partial charge on any atom is 0.250 e. The largest absolute Gasteiger partial charge is 0.379 e. The Morgan fingerprint density at radius 2 is 1.52 bits per heavy atom. The Morgan fingerprint density at radius 1 is 0.909 bits per heavy atom. The van der Waals surface area contributed by atoms with Gasteiger partial charge in [-0.3, -0.25) is 4.79 Å². The van der Waals surface area contributed by atoms with Gasteiger partial charge in [0.1, 0.15) is 11.6 Å². The number of hydrogen-bond donors (Lipinski definition) is 3. The molecule has 0 unspecified atom stereocenters. The number of aliphatic imine (C=N–C) groups is 1. The highest BCUT2D eigenvalue weighted by molar-refractivity contribution is 5.84. The SMILES string of the molecule is COOC=N[C@H](C(=O)N1CCC[C@H]1c1ncc(-c2ccc(-c3ccc(-c4cnc([C@@H]5CCCN5)[nH]4)cc3)cc2)[nH]1)[C@@H](C)OC. The van der Waals surface area contributed by atoms with Crippen molar-refractivity contribution >= 4 is 12.3 Å².